The second-order valence-electron chi connectivity index (χ2n) is 2.13. The molecule has 0 aliphatic heterocycles. The molecule has 0 aliphatic carbocycles. The molecule has 1 nitrogen and oxygen atoms in total. The van der Waals surface area contributed by atoms with E-state index < -0.39 is 0 Å². The van der Waals surface area contributed by atoms with Gasteiger partial charge in [0.05, 0.1) is 0 Å². The van der Waals surface area contributed by atoms with Gasteiger partial charge in [-0.3, -0.25) is 0 Å². The van der Waals surface area contributed by atoms with Gasteiger partial charge in [0, 0.05) is 10.9 Å². The van der Waals surface area contributed by atoms with E-state index >= 15 is 0 Å². The topological polar surface area (TPSA) is 22.9 Å². The summed E-state index contributed by atoms with van der Waals surface area (Å²) >= 11 is 3.36. The van der Waals surface area contributed by atoms with Crippen molar-refractivity contribution in [1.29, 1.82) is 0 Å². The molecule has 0 spiro atoms. The van der Waals surface area contributed by atoms with Crippen LogP contribution in [0.4, 0.5) is 0 Å². The molecule has 0 fully saturated rings. The van der Waals surface area contributed by atoms with Gasteiger partial charge in [0.25, 0.3) is 0 Å². The van der Waals surface area contributed by atoms with Gasteiger partial charge in [-0.1, -0.05) is 40.2 Å². The Hall–Kier alpha value is -0.340. The highest BCUT2D eigenvalue weighted by molar-refractivity contribution is 9.08. The van der Waals surface area contributed by atoms with E-state index in [0.717, 1.165) is 10.9 Å². The van der Waals surface area contributed by atoms with Crippen molar-refractivity contribution in [2.75, 3.05) is 0 Å². The minimum absolute atomic E-state index is 0.378. The van der Waals surface area contributed by atoms with Gasteiger partial charge in [0.15, 0.2) is 6.61 Å². The van der Waals surface area contributed by atoms with Crippen molar-refractivity contribution >= 4 is 15.9 Å². The molecule has 0 atom stereocenters. The van der Waals surface area contributed by atoms with E-state index in [4.69, 9.17) is 5.11 Å². The lowest BCUT2D eigenvalue weighted by atomic mass is 10.2. The molecule has 0 amide bonds. The van der Waals surface area contributed by atoms with E-state index in [2.05, 4.69) is 15.9 Å². The largest absolute Gasteiger partial charge is 0.442 e. The number of benzene rings is 1. The SMILES string of the molecule is [OH2+]Cc1ccc(CBr)cc1. The Morgan fingerprint density at radius 3 is 2.00 bits per heavy atom. The summed E-state index contributed by atoms with van der Waals surface area (Å²) in [6.45, 7) is 0.378. The number of alkyl halides is 1. The molecule has 2 heteroatoms. The van der Waals surface area contributed by atoms with Crippen LogP contribution in [0.1, 0.15) is 11.1 Å². The second kappa shape index (κ2) is 3.74. The maximum absolute atomic E-state index is 7.06. The molecule has 0 heterocycles. The van der Waals surface area contributed by atoms with Gasteiger partial charge < -0.3 is 5.11 Å². The first-order chi connectivity index (χ1) is 4.86. The molecule has 10 heavy (non-hydrogen) atoms. The average molecular weight is 202 g/mol. The predicted molar refractivity (Wildman–Crippen MR) is 46.4 cm³/mol. The first kappa shape index (κ1) is 7.76. The van der Waals surface area contributed by atoms with Crippen LogP contribution in [-0.2, 0) is 11.9 Å². The summed E-state index contributed by atoms with van der Waals surface area (Å²) in [7, 11) is 0. The van der Waals surface area contributed by atoms with E-state index in [1.165, 1.54) is 5.56 Å². The maximum atomic E-state index is 7.06. The van der Waals surface area contributed by atoms with E-state index in [0.29, 0.717) is 6.61 Å². The summed E-state index contributed by atoms with van der Waals surface area (Å²) in [5, 5.41) is 7.95. The molecular formula is C8H10BrO+. The van der Waals surface area contributed by atoms with Crippen LogP contribution in [-0.4, -0.2) is 5.11 Å². The van der Waals surface area contributed by atoms with Gasteiger partial charge in [-0.2, -0.15) is 0 Å². The zero-order chi connectivity index (χ0) is 7.40. The van der Waals surface area contributed by atoms with Crippen LogP contribution < -0.4 is 0 Å². The Bertz CT molecular complexity index is 170. The summed E-state index contributed by atoms with van der Waals surface area (Å²) in [4.78, 5) is 0. The fraction of sp³-hybridized carbons (Fsp3) is 0.250. The van der Waals surface area contributed by atoms with Crippen LogP contribution in [0.3, 0.4) is 0 Å². The summed E-state index contributed by atoms with van der Waals surface area (Å²) in [6, 6.07) is 8.06. The third-order valence-corrected chi connectivity index (χ3v) is 2.03. The van der Waals surface area contributed by atoms with E-state index in [1.807, 2.05) is 24.3 Å². The van der Waals surface area contributed by atoms with E-state index in [-0.39, 0.29) is 0 Å². The average Bonchev–Trinajstić information content (AvgIpc) is 2.05. The fourth-order valence-electron chi connectivity index (χ4n) is 0.746. The lowest BCUT2D eigenvalue weighted by Crippen LogP contribution is -1.82. The monoisotopic (exact) mass is 201 g/mol. The van der Waals surface area contributed by atoms with Gasteiger partial charge in [0.2, 0.25) is 0 Å². The molecule has 1 rings (SSSR count). The van der Waals surface area contributed by atoms with Crippen molar-refractivity contribution in [1.82, 2.24) is 0 Å². The molecule has 1 aromatic rings. The minimum atomic E-state index is 0.378. The van der Waals surface area contributed by atoms with Crippen LogP contribution in [0, 0.1) is 0 Å². The highest BCUT2D eigenvalue weighted by Crippen LogP contribution is 2.07. The highest BCUT2D eigenvalue weighted by Gasteiger charge is 1.91. The number of hydrogen-bond acceptors (Lipinski definition) is 0. The van der Waals surface area contributed by atoms with Crippen LogP contribution in [0.25, 0.3) is 0 Å². The third kappa shape index (κ3) is 1.82. The Morgan fingerprint density at radius 1 is 1.10 bits per heavy atom. The van der Waals surface area contributed by atoms with Crippen molar-refractivity contribution in [3.05, 3.63) is 35.4 Å². The van der Waals surface area contributed by atoms with Crippen molar-refractivity contribution in [3.63, 3.8) is 0 Å². The third-order valence-electron chi connectivity index (χ3n) is 1.38. The minimum Gasteiger partial charge on any atom is -0.442 e. The maximum Gasteiger partial charge on any atom is 0.169 e. The van der Waals surface area contributed by atoms with E-state index in [1.54, 1.807) is 0 Å². The summed E-state index contributed by atoms with van der Waals surface area (Å²) in [5.41, 5.74) is 2.34. The van der Waals surface area contributed by atoms with Gasteiger partial charge >= 0.3 is 0 Å². The summed E-state index contributed by atoms with van der Waals surface area (Å²) in [5.74, 6) is 0. The fourth-order valence-corrected chi connectivity index (χ4v) is 1.12. The Balaban J connectivity index is 2.80. The molecule has 0 aliphatic rings. The van der Waals surface area contributed by atoms with Crippen LogP contribution in [0.2, 0.25) is 0 Å². The summed E-state index contributed by atoms with van der Waals surface area (Å²) < 4.78 is 0. The molecule has 0 aromatic heterocycles. The first-order valence-electron chi connectivity index (χ1n) is 3.15. The Kier molecular flexibility index (Phi) is 2.90. The lowest BCUT2D eigenvalue weighted by Gasteiger charge is -1.94. The molecule has 0 radical (unpaired) electrons. The van der Waals surface area contributed by atoms with E-state index in [9.17, 15) is 0 Å². The molecule has 0 saturated heterocycles. The first-order valence-corrected chi connectivity index (χ1v) is 4.27. The predicted octanol–water partition coefficient (Wildman–Crippen LogP) is 1.81. The van der Waals surface area contributed by atoms with Gasteiger partial charge in [-0.05, 0) is 5.56 Å². The quantitative estimate of drug-likeness (QED) is 0.515. The number of hydrogen-bond donors (Lipinski definition) is 0. The number of rotatable bonds is 2. The zero-order valence-electron chi connectivity index (χ0n) is 5.60. The molecule has 0 saturated carbocycles. The molecule has 0 unspecified atom stereocenters. The Morgan fingerprint density at radius 2 is 1.60 bits per heavy atom. The molecule has 1 aromatic carbocycles. The molecule has 54 valence electrons. The van der Waals surface area contributed by atoms with Crippen molar-refractivity contribution in [3.8, 4) is 0 Å². The molecular weight excluding hydrogens is 192 g/mol. The van der Waals surface area contributed by atoms with Crippen LogP contribution in [0.5, 0.6) is 0 Å². The standard InChI is InChI=1S/C8H9BrO/c9-5-7-1-3-8(6-10)4-2-7/h1-4,10H,5-6H2/p+1. The normalized spacial score (nSPS) is 9.80. The second-order valence-corrected chi connectivity index (χ2v) is 2.69. The van der Waals surface area contributed by atoms with Crippen molar-refractivity contribution < 1.29 is 5.11 Å². The zero-order valence-corrected chi connectivity index (χ0v) is 7.19. The van der Waals surface area contributed by atoms with Crippen molar-refractivity contribution in [2.45, 2.75) is 11.9 Å². The van der Waals surface area contributed by atoms with Gasteiger partial charge in [-0.15, -0.1) is 0 Å². The van der Waals surface area contributed by atoms with Gasteiger partial charge in [0.1, 0.15) is 0 Å². The molecule has 0 bridgehead atoms. The molecule has 2 N–H and O–H groups in total. The number of halogens is 1. The van der Waals surface area contributed by atoms with Crippen LogP contribution >= 0.6 is 15.9 Å². The Labute approximate surface area is 68.8 Å². The summed E-state index contributed by atoms with van der Waals surface area (Å²) in [6.07, 6.45) is 0. The highest BCUT2D eigenvalue weighted by atomic mass is 79.9. The van der Waals surface area contributed by atoms with Crippen LogP contribution in [0.15, 0.2) is 24.3 Å². The van der Waals surface area contributed by atoms with Gasteiger partial charge in [-0.25, -0.2) is 0 Å². The van der Waals surface area contributed by atoms with Crippen molar-refractivity contribution in [2.24, 2.45) is 0 Å². The smallest absolute Gasteiger partial charge is 0.169 e. The lowest BCUT2D eigenvalue weighted by molar-refractivity contribution is 0.282.